The number of hydrogen-bond donors (Lipinski definition) is 2. The number of carbonyl (C=O) groups is 1. The maximum atomic E-state index is 10.3. The monoisotopic (exact) mass is 201 g/mol. The van der Waals surface area contributed by atoms with Gasteiger partial charge in [-0.05, 0) is 13.3 Å². The van der Waals surface area contributed by atoms with Crippen LogP contribution in [0.15, 0.2) is 6.33 Å². The number of carboxylic acids is 1. The van der Waals surface area contributed by atoms with E-state index in [9.17, 15) is 4.79 Å². The van der Waals surface area contributed by atoms with Gasteiger partial charge in [0, 0.05) is 24.0 Å². The van der Waals surface area contributed by atoms with Gasteiger partial charge < -0.3 is 10.4 Å². The molecular weight excluding hydrogens is 190 g/mol. The predicted molar refractivity (Wildman–Crippen MR) is 49.9 cm³/mol. The Morgan fingerprint density at radius 2 is 2.62 bits per heavy atom. The number of rotatable bonds is 5. The fraction of sp³-hybridized carbons (Fsp3) is 0.571. The molecular formula is C7H11N3O2S. The van der Waals surface area contributed by atoms with Gasteiger partial charge in [0.1, 0.15) is 6.33 Å². The summed E-state index contributed by atoms with van der Waals surface area (Å²) in [4.78, 5) is 14.2. The van der Waals surface area contributed by atoms with Crippen LogP contribution in [0.1, 0.15) is 19.8 Å². The zero-order valence-electron chi connectivity index (χ0n) is 7.23. The van der Waals surface area contributed by atoms with Crippen LogP contribution in [0.2, 0.25) is 0 Å². The van der Waals surface area contributed by atoms with E-state index in [1.165, 1.54) is 17.9 Å². The maximum absolute atomic E-state index is 10.3. The number of anilines is 1. The van der Waals surface area contributed by atoms with Crippen molar-refractivity contribution in [3.63, 3.8) is 0 Å². The van der Waals surface area contributed by atoms with Gasteiger partial charge >= 0.3 is 5.97 Å². The Kier molecular flexibility index (Phi) is 3.63. The fourth-order valence-corrected chi connectivity index (χ4v) is 1.40. The molecule has 0 aliphatic heterocycles. The van der Waals surface area contributed by atoms with E-state index in [4.69, 9.17) is 5.11 Å². The molecule has 0 bridgehead atoms. The van der Waals surface area contributed by atoms with Crippen LogP contribution in [-0.4, -0.2) is 26.5 Å². The van der Waals surface area contributed by atoms with Gasteiger partial charge in [-0.2, -0.15) is 4.37 Å². The summed E-state index contributed by atoms with van der Waals surface area (Å²) >= 11 is 1.27. The highest BCUT2D eigenvalue weighted by Gasteiger charge is 2.06. The number of nitrogens with one attached hydrogen (secondary N) is 1. The highest BCUT2D eigenvalue weighted by atomic mass is 32.1. The van der Waals surface area contributed by atoms with Gasteiger partial charge in [0.2, 0.25) is 5.13 Å². The molecule has 0 aliphatic rings. The SMILES string of the molecule is CC(CCC(=O)O)Nc1ncns1. The number of carboxylic acid groups (broad SMARTS) is 1. The first-order chi connectivity index (χ1) is 6.18. The third-order valence-electron chi connectivity index (χ3n) is 1.52. The zero-order chi connectivity index (χ0) is 9.68. The molecule has 0 saturated carbocycles. The quantitative estimate of drug-likeness (QED) is 0.748. The molecule has 1 aromatic rings. The second kappa shape index (κ2) is 4.76. The molecule has 0 aliphatic carbocycles. The molecule has 0 radical (unpaired) electrons. The summed E-state index contributed by atoms with van der Waals surface area (Å²) in [6.07, 6.45) is 2.23. The average molecular weight is 201 g/mol. The first-order valence-electron chi connectivity index (χ1n) is 3.93. The van der Waals surface area contributed by atoms with Crippen molar-refractivity contribution in [2.24, 2.45) is 0 Å². The second-order valence-corrected chi connectivity index (χ2v) is 3.50. The molecule has 2 N–H and O–H groups in total. The van der Waals surface area contributed by atoms with Crippen LogP contribution in [0.4, 0.5) is 5.13 Å². The highest BCUT2D eigenvalue weighted by molar-refractivity contribution is 7.09. The largest absolute Gasteiger partial charge is 0.481 e. The lowest BCUT2D eigenvalue weighted by molar-refractivity contribution is -0.137. The van der Waals surface area contributed by atoms with Gasteiger partial charge in [0.05, 0.1) is 0 Å². The summed E-state index contributed by atoms with van der Waals surface area (Å²) in [7, 11) is 0. The van der Waals surface area contributed by atoms with Gasteiger partial charge in [-0.1, -0.05) is 0 Å². The topological polar surface area (TPSA) is 75.1 Å². The molecule has 0 fully saturated rings. The summed E-state index contributed by atoms with van der Waals surface area (Å²) < 4.78 is 3.82. The molecule has 0 spiro atoms. The zero-order valence-corrected chi connectivity index (χ0v) is 8.04. The third-order valence-corrected chi connectivity index (χ3v) is 2.12. The van der Waals surface area contributed by atoms with Crippen molar-refractivity contribution >= 4 is 22.6 Å². The van der Waals surface area contributed by atoms with E-state index in [1.54, 1.807) is 0 Å². The molecule has 1 rings (SSSR count). The Balaban J connectivity index is 2.25. The van der Waals surface area contributed by atoms with Crippen molar-refractivity contribution < 1.29 is 9.90 Å². The molecule has 1 unspecified atom stereocenters. The molecule has 6 heteroatoms. The summed E-state index contributed by atoms with van der Waals surface area (Å²) in [5, 5.41) is 12.2. The fourth-order valence-electron chi connectivity index (χ4n) is 0.860. The lowest BCUT2D eigenvalue weighted by Gasteiger charge is -2.09. The van der Waals surface area contributed by atoms with E-state index >= 15 is 0 Å². The van der Waals surface area contributed by atoms with Gasteiger partial charge in [0.25, 0.3) is 0 Å². The highest BCUT2D eigenvalue weighted by Crippen LogP contribution is 2.10. The standard InChI is InChI=1S/C7H11N3O2S/c1-5(2-3-6(11)12)10-7-8-4-9-13-7/h4-5H,2-3H2,1H3,(H,11,12)(H,8,9,10). The number of hydrogen-bond acceptors (Lipinski definition) is 5. The van der Waals surface area contributed by atoms with Gasteiger partial charge in [-0.15, -0.1) is 0 Å². The van der Waals surface area contributed by atoms with E-state index in [0.29, 0.717) is 6.42 Å². The Bertz CT molecular complexity index is 263. The van der Waals surface area contributed by atoms with Gasteiger partial charge in [-0.25, -0.2) is 4.98 Å². The normalized spacial score (nSPS) is 12.4. The average Bonchev–Trinajstić information content (AvgIpc) is 2.53. The van der Waals surface area contributed by atoms with Crippen LogP contribution in [0.3, 0.4) is 0 Å². The summed E-state index contributed by atoms with van der Waals surface area (Å²) in [5.74, 6) is -0.772. The Hall–Kier alpha value is -1.17. The van der Waals surface area contributed by atoms with Crippen molar-refractivity contribution in [1.82, 2.24) is 9.36 Å². The first-order valence-corrected chi connectivity index (χ1v) is 4.71. The van der Waals surface area contributed by atoms with Crippen LogP contribution < -0.4 is 5.32 Å². The van der Waals surface area contributed by atoms with Gasteiger partial charge in [0.15, 0.2) is 0 Å². The maximum Gasteiger partial charge on any atom is 0.303 e. The molecule has 13 heavy (non-hydrogen) atoms. The van der Waals surface area contributed by atoms with Crippen molar-refractivity contribution in [3.8, 4) is 0 Å². The van der Waals surface area contributed by atoms with Crippen LogP contribution in [-0.2, 0) is 4.79 Å². The molecule has 72 valence electrons. The Morgan fingerprint density at radius 3 is 3.15 bits per heavy atom. The van der Waals surface area contributed by atoms with E-state index in [-0.39, 0.29) is 12.5 Å². The minimum absolute atomic E-state index is 0.115. The Labute approximate surface area is 80.0 Å². The van der Waals surface area contributed by atoms with Crippen LogP contribution in [0, 0.1) is 0 Å². The summed E-state index contributed by atoms with van der Waals surface area (Å²) in [6, 6.07) is 0.115. The van der Waals surface area contributed by atoms with E-state index in [1.807, 2.05) is 6.92 Å². The molecule has 1 aromatic heterocycles. The van der Waals surface area contributed by atoms with Crippen molar-refractivity contribution in [2.45, 2.75) is 25.8 Å². The molecule has 1 heterocycles. The summed E-state index contributed by atoms with van der Waals surface area (Å²) in [5.41, 5.74) is 0. The third kappa shape index (κ3) is 3.84. The number of aromatic nitrogens is 2. The minimum atomic E-state index is -0.772. The second-order valence-electron chi connectivity index (χ2n) is 2.72. The van der Waals surface area contributed by atoms with Crippen LogP contribution in [0.25, 0.3) is 0 Å². The van der Waals surface area contributed by atoms with Crippen molar-refractivity contribution in [3.05, 3.63) is 6.33 Å². The molecule has 0 aromatic carbocycles. The molecule has 0 saturated heterocycles. The van der Waals surface area contributed by atoms with Gasteiger partial charge in [-0.3, -0.25) is 4.79 Å². The van der Waals surface area contributed by atoms with Crippen molar-refractivity contribution in [2.75, 3.05) is 5.32 Å². The number of aliphatic carboxylic acids is 1. The lowest BCUT2D eigenvalue weighted by Crippen LogP contribution is -2.16. The molecule has 0 amide bonds. The smallest absolute Gasteiger partial charge is 0.303 e. The predicted octanol–water partition coefficient (Wildman–Crippen LogP) is 1.20. The van der Waals surface area contributed by atoms with Crippen LogP contribution in [0.5, 0.6) is 0 Å². The molecule has 5 nitrogen and oxygen atoms in total. The van der Waals surface area contributed by atoms with E-state index < -0.39 is 5.97 Å². The summed E-state index contributed by atoms with van der Waals surface area (Å²) in [6.45, 7) is 1.92. The molecule has 1 atom stereocenters. The van der Waals surface area contributed by atoms with Crippen LogP contribution >= 0.6 is 11.5 Å². The first kappa shape index (κ1) is 9.91. The minimum Gasteiger partial charge on any atom is -0.481 e. The lowest BCUT2D eigenvalue weighted by atomic mass is 10.2. The Morgan fingerprint density at radius 1 is 1.85 bits per heavy atom. The van der Waals surface area contributed by atoms with E-state index in [2.05, 4.69) is 14.7 Å². The van der Waals surface area contributed by atoms with Crippen molar-refractivity contribution in [1.29, 1.82) is 0 Å². The number of nitrogens with zero attached hydrogens (tertiary/aromatic N) is 2. The van der Waals surface area contributed by atoms with E-state index in [0.717, 1.165) is 5.13 Å².